The topological polar surface area (TPSA) is 102 Å². The van der Waals surface area contributed by atoms with Crippen molar-refractivity contribution in [3.05, 3.63) is 54.2 Å². The minimum absolute atomic E-state index is 0.0306. The van der Waals surface area contributed by atoms with E-state index in [-0.39, 0.29) is 15.6 Å². The normalized spacial score (nSPS) is 11.2. The maximum absolute atomic E-state index is 12.4. The van der Waals surface area contributed by atoms with Gasteiger partial charge in [0.15, 0.2) is 14.8 Å². The van der Waals surface area contributed by atoms with Gasteiger partial charge in [-0.05, 0) is 24.3 Å². The predicted octanol–water partition coefficient (Wildman–Crippen LogP) is 2.26. The lowest BCUT2D eigenvalue weighted by molar-refractivity contribution is 0.102. The van der Waals surface area contributed by atoms with Gasteiger partial charge in [-0.3, -0.25) is 15.1 Å². The second-order valence-corrected chi connectivity index (χ2v) is 7.81. The standard InChI is InChI=1S/C15H12N4O3S2/c1-24(21,22)12-8-3-2-6-10(12)13(20)17-15-19-18-14(23-15)11-7-4-5-9-16-11/h2-9H,1H3,(H,17,19,20). The Morgan fingerprint density at radius 3 is 2.54 bits per heavy atom. The molecule has 2 heterocycles. The summed E-state index contributed by atoms with van der Waals surface area (Å²) in [5, 5.41) is 11.3. The molecule has 3 aromatic rings. The van der Waals surface area contributed by atoms with E-state index >= 15 is 0 Å². The highest BCUT2D eigenvalue weighted by Gasteiger charge is 2.19. The number of amides is 1. The molecule has 0 aliphatic rings. The predicted molar refractivity (Wildman–Crippen MR) is 90.6 cm³/mol. The van der Waals surface area contributed by atoms with Crippen LogP contribution in [0.5, 0.6) is 0 Å². The molecule has 0 bridgehead atoms. The Kier molecular flexibility index (Phi) is 4.36. The van der Waals surface area contributed by atoms with Gasteiger partial charge >= 0.3 is 0 Å². The molecule has 0 spiro atoms. The van der Waals surface area contributed by atoms with E-state index in [1.54, 1.807) is 30.5 Å². The molecule has 2 aromatic heterocycles. The molecule has 1 aromatic carbocycles. The summed E-state index contributed by atoms with van der Waals surface area (Å²) in [5.74, 6) is -0.556. The molecule has 9 heteroatoms. The Balaban J connectivity index is 1.86. The highest BCUT2D eigenvalue weighted by Crippen LogP contribution is 2.25. The second kappa shape index (κ2) is 6.46. The van der Waals surface area contributed by atoms with Crippen LogP contribution in [0, 0.1) is 0 Å². The fraction of sp³-hybridized carbons (Fsp3) is 0.0667. The van der Waals surface area contributed by atoms with Crippen molar-refractivity contribution in [1.82, 2.24) is 15.2 Å². The average molecular weight is 360 g/mol. The third kappa shape index (κ3) is 3.47. The van der Waals surface area contributed by atoms with Crippen molar-refractivity contribution in [2.24, 2.45) is 0 Å². The zero-order chi connectivity index (χ0) is 17.2. The van der Waals surface area contributed by atoms with Gasteiger partial charge in [-0.1, -0.05) is 29.5 Å². The number of rotatable bonds is 4. The van der Waals surface area contributed by atoms with Crippen molar-refractivity contribution in [1.29, 1.82) is 0 Å². The molecule has 24 heavy (non-hydrogen) atoms. The average Bonchev–Trinajstić information content (AvgIpc) is 3.03. The Morgan fingerprint density at radius 1 is 1.08 bits per heavy atom. The van der Waals surface area contributed by atoms with Crippen LogP contribution in [0.4, 0.5) is 5.13 Å². The molecule has 0 aliphatic carbocycles. The van der Waals surface area contributed by atoms with Gasteiger partial charge in [0.2, 0.25) is 5.13 Å². The molecule has 7 nitrogen and oxygen atoms in total. The molecule has 0 saturated heterocycles. The molecule has 3 rings (SSSR count). The summed E-state index contributed by atoms with van der Waals surface area (Å²) >= 11 is 1.16. The van der Waals surface area contributed by atoms with Gasteiger partial charge in [-0.25, -0.2) is 8.42 Å². The van der Waals surface area contributed by atoms with E-state index in [0.29, 0.717) is 10.7 Å². The van der Waals surface area contributed by atoms with Crippen LogP contribution >= 0.6 is 11.3 Å². The smallest absolute Gasteiger partial charge is 0.258 e. The second-order valence-electron chi connectivity index (χ2n) is 4.85. The van der Waals surface area contributed by atoms with Gasteiger partial charge in [-0.2, -0.15) is 0 Å². The van der Waals surface area contributed by atoms with Crippen LogP contribution in [0.15, 0.2) is 53.6 Å². The molecule has 1 N–H and O–H groups in total. The molecule has 0 unspecified atom stereocenters. The summed E-state index contributed by atoms with van der Waals surface area (Å²) in [7, 11) is -3.51. The number of aromatic nitrogens is 3. The van der Waals surface area contributed by atoms with Crippen LogP contribution in [0.1, 0.15) is 10.4 Å². The number of pyridine rings is 1. The Bertz CT molecular complexity index is 985. The monoisotopic (exact) mass is 360 g/mol. The number of benzene rings is 1. The first-order valence-corrected chi connectivity index (χ1v) is 9.51. The quantitative estimate of drug-likeness (QED) is 0.766. The molecule has 0 aliphatic heterocycles. The zero-order valence-corrected chi connectivity index (χ0v) is 14.1. The first-order valence-electron chi connectivity index (χ1n) is 6.80. The summed E-state index contributed by atoms with van der Waals surface area (Å²) in [6.45, 7) is 0. The molecule has 0 atom stereocenters. The Hall–Kier alpha value is -2.65. The minimum atomic E-state index is -3.51. The van der Waals surface area contributed by atoms with Crippen molar-refractivity contribution in [3.8, 4) is 10.7 Å². The van der Waals surface area contributed by atoms with Gasteiger partial charge in [-0.15, -0.1) is 10.2 Å². The van der Waals surface area contributed by atoms with Crippen LogP contribution in [0.3, 0.4) is 0 Å². The molecule has 0 fully saturated rings. The van der Waals surface area contributed by atoms with E-state index in [4.69, 9.17) is 0 Å². The minimum Gasteiger partial charge on any atom is -0.296 e. The first-order chi connectivity index (χ1) is 11.4. The number of hydrogen-bond donors (Lipinski definition) is 1. The van der Waals surface area contributed by atoms with E-state index in [2.05, 4.69) is 20.5 Å². The van der Waals surface area contributed by atoms with Crippen LogP contribution in [-0.4, -0.2) is 35.8 Å². The molecule has 0 saturated carbocycles. The summed E-state index contributed by atoms with van der Waals surface area (Å²) in [6.07, 6.45) is 2.70. The van der Waals surface area contributed by atoms with Gasteiger partial charge in [0.1, 0.15) is 5.69 Å². The van der Waals surface area contributed by atoms with E-state index in [1.165, 1.54) is 12.1 Å². The highest BCUT2D eigenvalue weighted by atomic mass is 32.2. The lowest BCUT2D eigenvalue weighted by atomic mass is 10.2. The van der Waals surface area contributed by atoms with Gasteiger partial charge in [0, 0.05) is 12.5 Å². The SMILES string of the molecule is CS(=O)(=O)c1ccccc1C(=O)Nc1nnc(-c2ccccn2)s1. The van der Waals surface area contributed by atoms with E-state index in [9.17, 15) is 13.2 Å². The fourth-order valence-electron chi connectivity index (χ4n) is 2.01. The highest BCUT2D eigenvalue weighted by molar-refractivity contribution is 7.90. The van der Waals surface area contributed by atoms with Crippen molar-refractivity contribution in [3.63, 3.8) is 0 Å². The van der Waals surface area contributed by atoms with Crippen molar-refractivity contribution < 1.29 is 13.2 Å². The largest absolute Gasteiger partial charge is 0.296 e. The summed E-state index contributed by atoms with van der Waals surface area (Å²) in [5.41, 5.74) is 0.710. The lowest BCUT2D eigenvalue weighted by Crippen LogP contribution is -2.15. The number of sulfone groups is 1. The number of carbonyl (C=O) groups excluding carboxylic acids is 1. The van der Waals surface area contributed by atoms with Crippen LogP contribution in [0.2, 0.25) is 0 Å². The van der Waals surface area contributed by atoms with Crippen LogP contribution < -0.4 is 5.32 Å². The van der Waals surface area contributed by atoms with Crippen molar-refractivity contribution in [2.75, 3.05) is 11.6 Å². The first kappa shape index (κ1) is 16.2. The van der Waals surface area contributed by atoms with E-state index in [0.717, 1.165) is 17.6 Å². The fourth-order valence-corrected chi connectivity index (χ4v) is 3.61. The van der Waals surface area contributed by atoms with Crippen molar-refractivity contribution in [2.45, 2.75) is 4.90 Å². The molecular formula is C15H12N4O3S2. The lowest BCUT2D eigenvalue weighted by Gasteiger charge is -2.06. The van der Waals surface area contributed by atoms with E-state index < -0.39 is 15.7 Å². The number of anilines is 1. The zero-order valence-electron chi connectivity index (χ0n) is 12.5. The number of hydrogen-bond acceptors (Lipinski definition) is 7. The van der Waals surface area contributed by atoms with Crippen LogP contribution in [-0.2, 0) is 9.84 Å². The summed E-state index contributed by atoms with van der Waals surface area (Å²) < 4.78 is 23.6. The Morgan fingerprint density at radius 2 is 1.83 bits per heavy atom. The van der Waals surface area contributed by atoms with Gasteiger partial charge < -0.3 is 0 Å². The third-order valence-corrected chi connectivity index (χ3v) is 5.08. The molecule has 0 radical (unpaired) electrons. The van der Waals surface area contributed by atoms with Gasteiger partial charge in [0.25, 0.3) is 5.91 Å². The maximum Gasteiger partial charge on any atom is 0.258 e. The molecule has 122 valence electrons. The summed E-state index contributed by atoms with van der Waals surface area (Å²) in [6, 6.07) is 11.4. The third-order valence-electron chi connectivity index (χ3n) is 3.06. The number of nitrogens with one attached hydrogen (secondary N) is 1. The van der Waals surface area contributed by atoms with Gasteiger partial charge in [0.05, 0.1) is 10.5 Å². The molecule has 1 amide bonds. The summed E-state index contributed by atoms with van der Waals surface area (Å²) in [4.78, 5) is 16.5. The number of carbonyl (C=O) groups is 1. The van der Waals surface area contributed by atoms with E-state index in [1.807, 2.05) is 6.07 Å². The Labute approximate surface area is 142 Å². The number of nitrogens with zero attached hydrogens (tertiary/aromatic N) is 3. The van der Waals surface area contributed by atoms with Crippen LogP contribution in [0.25, 0.3) is 10.7 Å². The van der Waals surface area contributed by atoms with Crippen molar-refractivity contribution >= 4 is 32.2 Å². The maximum atomic E-state index is 12.4. The molecular weight excluding hydrogens is 348 g/mol.